The summed E-state index contributed by atoms with van der Waals surface area (Å²) in [5.74, 6) is 0.882. The van der Waals surface area contributed by atoms with Crippen LogP contribution < -0.4 is 14.5 Å². The van der Waals surface area contributed by atoms with Crippen LogP contribution in [-0.2, 0) is 0 Å². The van der Waals surface area contributed by atoms with Gasteiger partial charge in [-0.25, -0.2) is 0 Å². The molecule has 3 aromatic rings. The Hall–Kier alpha value is -3.07. The van der Waals surface area contributed by atoms with Gasteiger partial charge in [-0.3, -0.25) is 9.36 Å². The number of anilines is 2. The summed E-state index contributed by atoms with van der Waals surface area (Å²) in [6.07, 6.45) is 4.29. The topological polar surface area (TPSA) is 66.7 Å². The number of benzene rings is 1. The van der Waals surface area contributed by atoms with E-state index >= 15 is 0 Å². The Balaban J connectivity index is 1.27. The maximum Gasteiger partial charge on any atom is 0.271 e. The molecule has 2 fully saturated rings. The monoisotopic (exact) mass is 438 g/mol. The van der Waals surface area contributed by atoms with Crippen molar-refractivity contribution < 1.29 is 9.53 Å². The van der Waals surface area contributed by atoms with Crippen LogP contribution in [-0.4, -0.2) is 71.9 Å². The van der Waals surface area contributed by atoms with Crippen LogP contribution in [0.15, 0.2) is 42.6 Å². The van der Waals surface area contributed by atoms with Gasteiger partial charge in [0.25, 0.3) is 5.91 Å². The van der Waals surface area contributed by atoms with Gasteiger partial charge >= 0.3 is 0 Å². The summed E-state index contributed by atoms with van der Waals surface area (Å²) in [7, 11) is 1.68. The van der Waals surface area contributed by atoms with Crippen molar-refractivity contribution in [2.45, 2.75) is 12.8 Å². The first kappa shape index (κ1) is 19.9. The van der Waals surface area contributed by atoms with E-state index in [1.54, 1.807) is 18.4 Å². The number of piperazine rings is 1. The second-order valence-corrected chi connectivity index (χ2v) is 8.74. The minimum absolute atomic E-state index is 0.0354. The molecule has 2 aliphatic rings. The van der Waals surface area contributed by atoms with E-state index in [9.17, 15) is 4.79 Å². The standard InChI is InChI=1S/C22H26N6O2S/c1-30-18-7-4-6-17(16-18)25-12-14-26(15-13-25)20(29)19-8-5-11-28(19)22-24-23-21(31-22)27-9-2-3-10-27/h4-8,11,16H,2-3,9-10,12-15H2,1H3. The number of hydrogen-bond donors (Lipinski definition) is 0. The molecule has 9 heteroatoms. The van der Waals surface area contributed by atoms with Crippen molar-refractivity contribution in [2.75, 3.05) is 56.2 Å². The Kier molecular flexibility index (Phi) is 5.50. The van der Waals surface area contributed by atoms with Crippen molar-refractivity contribution in [3.05, 3.63) is 48.3 Å². The molecule has 2 saturated heterocycles. The molecule has 0 unspecified atom stereocenters. The summed E-state index contributed by atoms with van der Waals surface area (Å²) in [6, 6.07) is 11.8. The van der Waals surface area contributed by atoms with Crippen LogP contribution >= 0.6 is 11.3 Å². The van der Waals surface area contributed by atoms with E-state index in [1.807, 2.05) is 46.0 Å². The van der Waals surface area contributed by atoms with Gasteiger partial charge in [0.05, 0.1) is 7.11 Å². The molecule has 4 heterocycles. The molecule has 0 atom stereocenters. The number of carbonyl (C=O) groups is 1. The van der Waals surface area contributed by atoms with Gasteiger partial charge in [-0.05, 0) is 37.1 Å². The molecule has 0 radical (unpaired) electrons. The smallest absolute Gasteiger partial charge is 0.271 e. The summed E-state index contributed by atoms with van der Waals surface area (Å²) in [6.45, 7) is 5.00. The SMILES string of the molecule is COc1cccc(N2CCN(C(=O)c3cccn3-c3nnc(N4CCCC4)s3)CC2)c1. The minimum atomic E-state index is 0.0354. The number of methoxy groups -OCH3 is 1. The van der Waals surface area contributed by atoms with E-state index in [4.69, 9.17) is 4.74 Å². The molecule has 1 amide bonds. The van der Waals surface area contributed by atoms with E-state index in [0.717, 1.165) is 47.9 Å². The molecule has 1 aromatic carbocycles. The fourth-order valence-electron chi connectivity index (χ4n) is 4.20. The number of carbonyl (C=O) groups excluding carboxylic acids is 1. The summed E-state index contributed by atoms with van der Waals surface area (Å²) >= 11 is 1.54. The van der Waals surface area contributed by atoms with Crippen LogP contribution in [0.2, 0.25) is 0 Å². The number of hydrogen-bond acceptors (Lipinski definition) is 7. The van der Waals surface area contributed by atoms with E-state index in [0.29, 0.717) is 18.8 Å². The highest BCUT2D eigenvalue weighted by atomic mass is 32.1. The van der Waals surface area contributed by atoms with Gasteiger partial charge in [0.1, 0.15) is 11.4 Å². The van der Waals surface area contributed by atoms with Crippen molar-refractivity contribution in [2.24, 2.45) is 0 Å². The molecule has 0 aliphatic carbocycles. The molecule has 8 nitrogen and oxygen atoms in total. The largest absolute Gasteiger partial charge is 0.497 e. The lowest BCUT2D eigenvalue weighted by Crippen LogP contribution is -2.49. The molecular weight excluding hydrogens is 412 g/mol. The van der Waals surface area contributed by atoms with E-state index in [2.05, 4.69) is 26.1 Å². The van der Waals surface area contributed by atoms with Crippen LogP contribution in [0.3, 0.4) is 0 Å². The third kappa shape index (κ3) is 3.97. The predicted molar refractivity (Wildman–Crippen MR) is 122 cm³/mol. The minimum Gasteiger partial charge on any atom is -0.497 e. The van der Waals surface area contributed by atoms with Gasteiger partial charge in [-0.15, -0.1) is 10.2 Å². The predicted octanol–water partition coefficient (Wildman–Crippen LogP) is 2.90. The van der Waals surface area contributed by atoms with Gasteiger partial charge in [0.2, 0.25) is 10.3 Å². The zero-order valence-electron chi connectivity index (χ0n) is 17.6. The zero-order valence-corrected chi connectivity index (χ0v) is 18.4. The Morgan fingerprint density at radius 3 is 2.48 bits per heavy atom. The molecule has 0 spiro atoms. The molecule has 0 saturated carbocycles. The summed E-state index contributed by atoms with van der Waals surface area (Å²) in [4.78, 5) is 19.8. The molecule has 5 rings (SSSR count). The van der Waals surface area contributed by atoms with E-state index < -0.39 is 0 Å². The number of amides is 1. The fourth-order valence-corrected chi connectivity index (χ4v) is 5.10. The van der Waals surface area contributed by atoms with Gasteiger partial charge in [0, 0.05) is 57.2 Å². The molecule has 2 aromatic heterocycles. The Morgan fingerprint density at radius 2 is 1.71 bits per heavy atom. The Morgan fingerprint density at radius 1 is 0.935 bits per heavy atom. The summed E-state index contributed by atoms with van der Waals surface area (Å²) < 4.78 is 7.21. The first-order valence-corrected chi connectivity index (χ1v) is 11.5. The summed E-state index contributed by atoms with van der Waals surface area (Å²) in [5, 5.41) is 10.4. The van der Waals surface area contributed by atoms with Gasteiger partial charge in [0.15, 0.2) is 0 Å². The van der Waals surface area contributed by atoms with Crippen LogP contribution in [0.25, 0.3) is 5.13 Å². The molecular formula is C22H26N6O2S. The normalized spacial score (nSPS) is 16.7. The first-order valence-electron chi connectivity index (χ1n) is 10.7. The third-order valence-electron chi connectivity index (χ3n) is 5.94. The molecule has 0 bridgehead atoms. The number of rotatable bonds is 5. The first-order chi connectivity index (χ1) is 15.2. The molecule has 162 valence electrons. The number of ether oxygens (including phenoxy) is 1. The number of aromatic nitrogens is 3. The van der Waals surface area contributed by atoms with Crippen molar-refractivity contribution in [1.82, 2.24) is 19.7 Å². The lowest BCUT2D eigenvalue weighted by molar-refractivity contribution is 0.0738. The summed E-state index contributed by atoms with van der Waals surface area (Å²) in [5.41, 5.74) is 1.76. The van der Waals surface area contributed by atoms with Gasteiger partial charge < -0.3 is 19.4 Å². The lowest BCUT2D eigenvalue weighted by atomic mass is 10.2. The van der Waals surface area contributed by atoms with Crippen molar-refractivity contribution >= 4 is 28.1 Å². The third-order valence-corrected chi connectivity index (χ3v) is 6.92. The van der Waals surface area contributed by atoms with Crippen molar-refractivity contribution in [3.63, 3.8) is 0 Å². The highest BCUT2D eigenvalue weighted by molar-refractivity contribution is 7.17. The van der Waals surface area contributed by atoms with Crippen LogP contribution in [0.5, 0.6) is 5.75 Å². The molecule has 31 heavy (non-hydrogen) atoms. The van der Waals surface area contributed by atoms with Crippen LogP contribution in [0.4, 0.5) is 10.8 Å². The highest BCUT2D eigenvalue weighted by Gasteiger charge is 2.26. The maximum absolute atomic E-state index is 13.3. The lowest BCUT2D eigenvalue weighted by Gasteiger charge is -2.36. The molecule has 0 N–H and O–H groups in total. The Bertz CT molecular complexity index is 1050. The second-order valence-electron chi connectivity index (χ2n) is 7.81. The molecule has 2 aliphatic heterocycles. The van der Waals surface area contributed by atoms with Crippen molar-refractivity contribution in [3.8, 4) is 10.9 Å². The Labute approximate surface area is 185 Å². The zero-order chi connectivity index (χ0) is 21.2. The average Bonchev–Trinajstić information content (AvgIpc) is 3.59. The van der Waals surface area contributed by atoms with Crippen LogP contribution in [0, 0.1) is 0 Å². The average molecular weight is 439 g/mol. The van der Waals surface area contributed by atoms with Gasteiger partial charge in [-0.2, -0.15) is 0 Å². The van der Waals surface area contributed by atoms with E-state index in [-0.39, 0.29) is 5.91 Å². The van der Waals surface area contributed by atoms with Crippen LogP contribution in [0.1, 0.15) is 23.3 Å². The highest BCUT2D eigenvalue weighted by Crippen LogP contribution is 2.28. The second kappa shape index (κ2) is 8.58. The fraction of sp³-hybridized carbons (Fsp3) is 0.409. The quantitative estimate of drug-likeness (QED) is 0.610. The number of nitrogens with zero attached hydrogens (tertiary/aromatic N) is 6. The maximum atomic E-state index is 13.3. The van der Waals surface area contributed by atoms with E-state index in [1.165, 1.54) is 12.8 Å². The van der Waals surface area contributed by atoms with Crippen molar-refractivity contribution in [1.29, 1.82) is 0 Å². The van der Waals surface area contributed by atoms with Gasteiger partial charge in [-0.1, -0.05) is 17.4 Å².